The molecule has 17 heavy (non-hydrogen) atoms. The highest BCUT2D eigenvalue weighted by Gasteiger charge is 2.20. The second kappa shape index (κ2) is 5.17. The normalized spacial score (nSPS) is 24.3. The lowest BCUT2D eigenvalue weighted by atomic mass is 9.87. The number of aromatic nitrogens is 1. The van der Waals surface area contributed by atoms with Crippen LogP contribution in [0.3, 0.4) is 0 Å². The Morgan fingerprint density at radius 3 is 2.65 bits per heavy atom. The van der Waals surface area contributed by atoms with E-state index < -0.39 is 0 Å². The van der Waals surface area contributed by atoms with E-state index in [2.05, 4.69) is 17.2 Å². The molecule has 1 heterocycles. The van der Waals surface area contributed by atoms with E-state index >= 15 is 0 Å². The van der Waals surface area contributed by atoms with E-state index in [0.29, 0.717) is 17.4 Å². The molecule has 4 nitrogen and oxygen atoms in total. The predicted octanol–water partition coefficient (Wildman–Crippen LogP) is 1.97. The third-order valence-electron chi connectivity index (χ3n) is 3.40. The molecule has 0 atom stereocenters. The van der Waals surface area contributed by atoms with Crippen molar-refractivity contribution in [2.45, 2.75) is 38.6 Å². The maximum Gasteiger partial charge on any atom is 0.253 e. The number of hydrogen-bond donors (Lipinski definition) is 2. The van der Waals surface area contributed by atoms with E-state index in [-0.39, 0.29) is 5.91 Å². The molecule has 3 N–H and O–H groups in total. The molecule has 1 aromatic rings. The molecule has 1 aromatic heterocycles. The van der Waals surface area contributed by atoms with Gasteiger partial charge in [0.25, 0.3) is 5.91 Å². The summed E-state index contributed by atoms with van der Waals surface area (Å²) in [5.41, 5.74) is 6.06. The summed E-state index contributed by atoms with van der Waals surface area (Å²) in [4.78, 5) is 15.8. The summed E-state index contributed by atoms with van der Waals surface area (Å²) in [5, 5.41) is 3.06. The van der Waals surface area contributed by atoms with Crippen LogP contribution in [0.5, 0.6) is 0 Å². The number of carbonyl (C=O) groups is 1. The van der Waals surface area contributed by atoms with Gasteiger partial charge in [-0.1, -0.05) is 6.92 Å². The molecule has 0 bridgehead atoms. The number of nitrogens with one attached hydrogen (secondary N) is 1. The van der Waals surface area contributed by atoms with Gasteiger partial charge in [0.1, 0.15) is 5.82 Å². The van der Waals surface area contributed by atoms with Gasteiger partial charge in [-0.3, -0.25) is 4.79 Å². The van der Waals surface area contributed by atoms with Gasteiger partial charge in [0.2, 0.25) is 0 Å². The number of amides is 1. The molecule has 0 saturated heterocycles. The maximum absolute atomic E-state index is 11.9. The zero-order valence-corrected chi connectivity index (χ0v) is 10.1. The van der Waals surface area contributed by atoms with Crippen molar-refractivity contribution in [3.8, 4) is 0 Å². The Morgan fingerprint density at radius 2 is 2.06 bits per heavy atom. The molecule has 1 fully saturated rings. The van der Waals surface area contributed by atoms with Gasteiger partial charge in [-0.15, -0.1) is 0 Å². The van der Waals surface area contributed by atoms with E-state index in [4.69, 9.17) is 5.73 Å². The van der Waals surface area contributed by atoms with Crippen LogP contribution >= 0.6 is 0 Å². The summed E-state index contributed by atoms with van der Waals surface area (Å²) in [7, 11) is 0. The number of carbonyl (C=O) groups excluding carboxylic acids is 1. The first kappa shape index (κ1) is 11.9. The largest absolute Gasteiger partial charge is 0.384 e. The molecule has 0 aliphatic heterocycles. The van der Waals surface area contributed by atoms with Crippen molar-refractivity contribution in [1.82, 2.24) is 10.3 Å². The topological polar surface area (TPSA) is 68.0 Å². The maximum atomic E-state index is 11.9. The molecule has 1 aliphatic rings. The Hall–Kier alpha value is -1.58. The smallest absolute Gasteiger partial charge is 0.253 e. The van der Waals surface area contributed by atoms with E-state index in [1.165, 1.54) is 19.0 Å². The fraction of sp³-hybridized carbons (Fsp3) is 0.538. The minimum absolute atomic E-state index is 0.0444. The molecule has 0 aromatic carbocycles. The zero-order valence-electron chi connectivity index (χ0n) is 10.1. The fourth-order valence-electron chi connectivity index (χ4n) is 2.21. The highest BCUT2D eigenvalue weighted by atomic mass is 16.1. The van der Waals surface area contributed by atoms with Crippen LogP contribution in [-0.2, 0) is 0 Å². The van der Waals surface area contributed by atoms with Crippen LogP contribution in [0, 0.1) is 5.92 Å². The van der Waals surface area contributed by atoms with E-state index in [1.807, 2.05) is 0 Å². The number of rotatable bonds is 2. The quantitative estimate of drug-likeness (QED) is 0.820. The highest BCUT2D eigenvalue weighted by molar-refractivity contribution is 5.94. The van der Waals surface area contributed by atoms with Crippen LogP contribution in [0.25, 0.3) is 0 Å². The van der Waals surface area contributed by atoms with Crippen molar-refractivity contribution in [3.05, 3.63) is 23.9 Å². The standard InChI is InChI=1S/C13H19N3O/c1-9-2-5-11(6-3-9)16-13(17)10-4-7-12(14)15-8-10/h4,7-9,11H,2-3,5-6H2,1H3,(H2,14,15)(H,16,17). The lowest BCUT2D eigenvalue weighted by Crippen LogP contribution is -2.37. The minimum atomic E-state index is -0.0444. The van der Waals surface area contributed by atoms with Gasteiger partial charge >= 0.3 is 0 Å². The number of anilines is 1. The fourth-order valence-corrected chi connectivity index (χ4v) is 2.21. The Morgan fingerprint density at radius 1 is 1.35 bits per heavy atom. The van der Waals surface area contributed by atoms with Crippen LogP contribution < -0.4 is 11.1 Å². The third kappa shape index (κ3) is 3.19. The summed E-state index contributed by atoms with van der Waals surface area (Å²) >= 11 is 0. The highest BCUT2D eigenvalue weighted by Crippen LogP contribution is 2.23. The lowest BCUT2D eigenvalue weighted by molar-refractivity contribution is 0.0922. The third-order valence-corrected chi connectivity index (χ3v) is 3.40. The molecule has 1 amide bonds. The van der Waals surface area contributed by atoms with Crippen molar-refractivity contribution in [3.63, 3.8) is 0 Å². The van der Waals surface area contributed by atoms with Gasteiger partial charge in [0.05, 0.1) is 5.56 Å². The molecular weight excluding hydrogens is 214 g/mol. The van der Waals surface area contributed by atoms with Crippen LogP contribution in [0.1, 0.15) is 43.0 Å². The Balaban J connectivity index is 1.91. The average Bonchev–Trinajstić information content (AvgIpc) is 2.33. The molecule has 92 valence electrons. The van der Waals surface area contributed by atoms with Crippen molar-refractivity contribution in [2.24, 2.45) is 5.92 Å². The Labute approximate surface area is 102 Å². The molecule has 0 unspecified atom stereocenters. The van der Waals surface area contributed by atoms with E-state index in [1.54, 1.807) is 12.1 Å². The van der Waals surface area contributed by atoms with Gasteiger partial charge in [-0.05, 0) is 43.7 Å². The predicted molar refractivity (Wildman–Crippen MR) is 67.5 cm³/mol. The van der Waals surface area contributed by atoms with Crippen LogP contribution in [0.15, 0.2) is 18.3 Å². The average molecular weight is 233 g/mol. The van der Waals surface area contributed by atoms with Gasteiger partial charge in [0.15, 0.2) is 0 Å². The molecule has 0 spiro atoms. The Bertz CT molecular complexity index is 380. The second-order valence-electron chi connectivity index (χ2n) is 4.90. The number of hydrogen-bond acceptors (Lipinski definition) is 3. The van der Waals surface area contributed by atoms with Gasteiger partial charge < -0.3 is 11.1 Å². The molecule has 1 saturated carbocycles. The van der Waals surface area contributed by atoms with Crippen molar-refractivity contribution >= 4 is 11.7 Å². The minimum Gasteiger partial charge on any atom is -0.384 e. The summed E-state index contributed by atoms with van der Waals surface area (Å²) in [6.45, 7) is 2.27. The van der Waals surface area contributed by atoms with Crippen molar-refractivity contribution < 1.29 is 4.79 Å². The first-order valence-corrected chi connectivity index (χ1v) is 6.17. The number of pyridine rings is 1. The number of nitrogens with zero attached hydrogens (tertiary/aromatic N) is 1. The molecule has 4 heteroatoms. The SMILES string of the molecule is CC1CCC(NC(=O)c2ccc(N)nc2)CC1. The van der Waals surface area contributed by atoms with Crippen molar-refractivity contribution in [2.75, 3.05) is 5.73 Å². The van der Waals surface area contributed by atoms with Crippen LogP contribution in [0.2, 0.25) is 0 Å². The first-order chi connectivity index (χ1) is 8.15. The molecule has 0 radical (unpaired) electrons. The van der Waals surface area contributed by atoms with Gasteiger partial charge in [-0.25, -0.2) is 4.98 Å². The van der Waals surface area contributed by atoms with Crippen LogP contribution in [0.4, 0.5) is 5.82 Å². The molecule has 2 rings (SSSR count). The zero-order chi connectivity index (χ0) is 12.3. The summed E-state index contributed by atoms with van der Waals surface area (Å²) in [5.74, 6) is 1.19. The number of nitrogens with two attached hydrogens (primary N) is 1. The lowest BCUT2D eigenvalue weighted by Gasteiger charge is -2.26. The first-order valence-electron chi connectivity index (χ1n) is 6.17. The Kier molecular flexibility index (Phi) is 3.61. The van der Waals surface area contributed by atoms with Gasteiger partial charge in [0, 0.05) is 12.2 Å². The summed E-state index contributed by atoms with van der Waals surface area (Å²) < 4.78 is 0. The van der Waals surface area contributed by atoms with Crippen molar-refractivity contribution in [1.29, 1.82) is 0 Å². The number of nitrogen functional groups attached to an aromatic ring is 1. The summed E-state index contributed by atoms with van der Waals surface area (Å²) in [6, 6.07) is 3.68. The summed E-state index contributed by atoms with van der Waals surface area (Å²) in [6.07, 6.45) is 6.08. The second-order valence-corrected chi connectivity index (χ2v) is 4.90. The van der Waals surface area contributed by atoms with E-state index in [9.17, 15) is 4.79 Å². The monoisotopic (exact) mass is 233 g/mol. The van der Waals surface area contributed by atoms with E-state index in [0.717, 1.165) is 18.8 Å². The molecule has 1 aliphatic carbocycles. The van der Waals surface area contributed by atoms with Crippen LogP contribution in [-0.4, -0.2) is 16.9 Å². The molecular formula is C13H19N3O. The van der Waals surface area contributed by atoms with Gasteiger partial charge in [-0.2, -0.15) is 0 Å².